The van der Waals surface area contributed by atoms with Crippen LogP contribution in [0.3, 0.4) is 0 Å². The minimum Gasteiger partial charge on any atom is -0.805 e. The fourth-order valence-electron chi connectivity index (χ4n) is 3.61. The highest BCUT2D eigenvalue weighted by Crippen LogP contribution is 2.41. The zero-order chi connectivity index (χ0) is 18.9. The molecule has 3 aromatic rings. The molecule has 0 amide bonds. The second-order valence-corrected chi connectivity index (χ2v) is 6.70. The van der Waals surface area contributed by atoms with Gasteiger partial charge < -0.3 is 19.4 Å². The van der Waals surface area contributed by atoms with Crippen molar-refractivity contribution in [2.24, 2.45) is 0 Å². The summed E-state index contributed by atoms with van der Waals surface area (Å²) < 4.78 is 13.8. The Kier molecular flexibility index (Phi) is 4.68. The average Bonchev–Trinajstić information content (AvgIpc) is 3.11. The molecule has 2 heterocycles. The van der Waals surface area contributed by atoms with Gasteiger partial charge in [-0.25, -0.2) is 0 Å². The van der Waals surface area contributed by atoms with Gasteiger partial charge in [0.25, 0.3) is 11.3 Å². The number of rotatable bonds is 6. The Bertz CT molecular complexity index is 1020. The van der Waals surface area contributed by atoms with Crippen LogP contribution in [0.2, 0.25) is 0 Å². The van der Waals surface area contributed by atoms with Crippen LogP contribution in [0.15, 0.2) is 54.6 Å². The largest absolute Gasteiger partial charge is 0.805 e. The summed E-state index contributed by atoms with van der Waals surface area (Å²) in [6, 6.07) is 16.1. The molecule has 1 atom stereocenters. The van der Waals surface area contributed by atoms with Crippen molar-refractivity contribution in [3.8, 4) is 0 Å². The Morgan fingerprint density at radius 2 is 1.89 bits per heavy atom. The number of nitrogens with zero attached hydrogens (tertiary/aromatic N) is 2. The lowest BCUT2D eigenvalue weighted by molar-refractivity contribution is -0.496. The summed E-state index contributed by atoms with van der Waals surface area (Å²) in [6.45, 7) is 2.58. The van der Waals surface area contributed by atoms with E-state index in [1.165, 1.54) is 0 Å². The molecule has 1 unspecified atom stereocenters. The van der Waals surface area contributed by atoms with E-state index < -0.39 is 5.79 Å². The Morgan fingerprint density at radius 3 is 2.67 bits per heavy atom. The first kappa shape index (κ1) is 17.7. The highest BCUT2D eigenvalue weighted by Gasteiger charge is 2.53. The molecule has 0 aliphatic carbocycles. The van der Waals surface area contributed by atoms with E-state index in [1.54, 1.807) is 24.3 Å². The summed E-state index contributed by atoms with van der Waals surface area (Å²) >= 11 is 0. The Morgan fingerprint density at radius 1 is 1.15 bits per heavy atom. The van der Waals surface area contributed by atoms with E-state index in [0.29, 0.717) is 28.9 Å². The van der Waals surface area contributed by atoms with Gasteiger partial charge in [-0.1, -0.05) is 62.2 Å². The fourth-order valence-corrected chi connectivity index (χ4v) is 3.61. The molecule has 0 radical (unpaired) electrons. The second-order valence-electron chi connectivity index (χ2n) is 6.70. The van der Waals surface area contributed by atoms with Gasteiger partial charge in [0.15, 0.2) is 0 Å². The Balaban J connectivity index is 1.92. The summed E-state index contributed by atoms with van der Waals surface area (Å²) in [6.07, 6.45) is 2.94. The molecular weight excluding hydrogens is 344 g/mol. The van der Waals surface area contributed by atoms with Gasteiger partial charge in [-0.05, 0) is 12.5 Å². The van der Waals surface area contributed by atoms with Crippen molar-refractivity contribution >= 4 is 11.0 Å². The van der Waals surface area contributed by atoms with Crippen molar-refractivity contribution in [3.63, 3.8) is 0 Å². The molecule has 4 rings (SSSR count). The standard InChI is InChI=1S/C21H22N2O4/c1-2-3-9-14-26-21(16-10-5-4-6-11-16)20-19(15-27-21)22(24)17-12-7-8-13-18(17)23(20)25/h4-8,10-13H,2-3,9,14-15H2,1H3. The molecule has 27 heavy (non-hydrogen) atoms. The van der Waals surface area contributed by atoms with E-state index in [9.17, 15) is 10.1 Å². The van der Waals surface area contributed by atoms with Gasteiger partial charge in [0.05, 0.1) is 17.6 Å². The third kappa shape index (κ3) is 2.81. The summed E-state index contributed by atoms with van der Waals surface area (Å²) in [7, 11) is 0. The molecule has 0 spiro atoms. The first-order chi connectivity index (χ1) is 13.2. The maximum Gasteiger partial charge on any atom is 0.325 e. The maximum absolute atomic E-state index is 13.3. The number of benzene rings is 2. The first-order valence-corrected chi connectivity index (χ1v) is 9.29. The zero-order valence-corrected chi connectivity index (χ0v) is 15.3. The molecular formula is C21H22N2O4. The molecule has 6 heteroatoms. The number of unbranched alkanes of at least 4 members (excludes halogenated alkanes) is 2. The van der Waals surface area contributed by atoms with E-state index in [2.05, 4.69) is 6.92 Å². The van der Waals surface area contributed by atoms with Crippen molar-refractivity contribution in [1.82, 2.24) is 4.73 Å². The van der Waals surface area contributed by atoms with Crippen LogP contribution < -0.4 is 4.43 Å². The third-order valence-electron chi connectivity index (χ3n) is 4.97. The number of ether oxygens (including phenoxy) is 2. The van der Waals surface area contributed by atoms with E-state index in [4.69, 9.17) is 9.47 Å². The average molecular weight is 366 g/mol. The summed E-state index contributed by atoms with van der Waals surface area (Å²) in [5.74, 6) is -1.37. The normalized spacial score (nSPS) is 18.7. The van der Waals surface area contributed by atoms with Crippen molar-refractivity contribution in [1.29, 1.82) is 0 Å². The third-order valence-corrected chi connectivity index (χ3v) is 4.97. The van der Waals surface area contributed by atoms with Crippen LogP contribution in [0.4, 0.5) is 0 Å². The maximum atomic E-state index is 13.3. The zero-order valence-electron chi connectivity index (χ0n) is 15.3. The topological polar surface area (TPSA) is 69.4 Å². The molecule has 0 fully saturated rings. The minimum absolute atomic E-state index is 0.0224. The van der Waals surface area contributed by atoms with Crippen LogP contribution in [0.5, 0.6) is 0 Å². The monoisotopic (exact) mass is 366 g/mol. The lowest BCUT2D eigenvalue weighted by Gasteiger charge is -2.26. The van der Waals surface area contributed by atoms with Crippen LogP contribution >= 0.6 is 0 Å². The van der Waals surface area contributed by atoms with Gasteiger partial charge >= 0.3 is 5.69 Å². The Labute approximate surface area is 157 Å². The number of hydrogen-bond donors (Lipinski definition) is 0. The highest BCUT2D eigenvalue weighted by atomic mass is 16.7. The van der Waals surface area contributed by atoms with Crippen molar-refractivity contribution in [2.45, 2.75) is 38.6 Å². The lowest BCUT2D eigenvalue weighted by Crippen LogP contribution is -2.40. The molecule has 1 aliphatic rings. The number of para-hydroxylation sites is 2. The van der Waals surface area contributed by atoms with E-state index in [0.717, 1.165) is 28.4 Å². The molecule has 1 aliphatic heterocycles. The molecule has 0 saturated heterocycles. The predicted octanol–water partition coefficient (Wildman–Crippen LogP) is 3.84. The molecule has 0 N–H and O–H groups in total. The summed E-state index contributed by atoms with van der Waals surface area (Å²) in [4.78, 5) is 13.3. The minimum atomic E-state index is -1.37. The number of aromatic nitrogens is 2. The molecule has 140 valence electrons. The second kappa shape index (κ2) is 7.13. The number of hydrogen-bond acceptors (Lipinski definition) is 4. The first-order valence-electron chi connectivity index (χ1n) is 9.29. The van der Waals surface area contributed by atoms with E-state index in [-0.39, 0.29) is 12.3 Å². The van der Waals surface area contributed by atoms with E-state index in [1.807, 2.05) is 30.3 Å². The molecule has 1 aromatic heterocycles. The van der Waals surface area contributed by atoms with Crippen LogP contribution in [-0.4, -0.2) is 11.3 Å². The van der Waals surface area contributed by atoms with Crippen molar-refractivity contribution in [2.75, 3.05) is 6.61 Å². The molecule has 6 nitrogen and oxygen atoms in total. The van der Waals surface area contributed by atoms with Crippen LogP contribution in [0.25, 0.3) is 11.0 Å². The van der Waals surface area contributed by atoms with Crippen molar-refractivity contribution in [3.05, 3.63) is 81.7 Å². The summed E-state index contributed by atoms with van der Waals surface area (Å²) in [5, 5.41) is 12.9. The number of fused-ring (bicyclic) bond motifs is 2. The van der Waals surface area contributed by atoms with Crippen LogP contribution in [-0.2, 0) is 21.9 Å². The SMILES string of the molecule is CCCCCOC1(c2ccccc2)OCc2c1[n+](=O)c1ccccc1n2[O-]. The van der Waals surface area contributed by atoms with Crippen LogP contribution in [0, 0.1) is 10.1 Å². The highest BCUT2D eigenvalue weighted by molar-refractivity contribution is 5.72. The van der Waals surface area contributed by atoms with Gasteiger partial charge in [0, 0.05) is 16.5 Å². The molecule has 0 bridgehead atoms. The van der Waals surface area contributed by atoms with Crippen molar-refractivity contribution < 1.29 is 13.9 Å². The predicted molar refractivity (Wildman–Crippen MR) is 102 cm³/mol. The van der Waals surface area contributed by atoms with Gasteiger partial charge in [0.2, 0.25) is 0 Å². The van der Waals surface area contributed by atoms with Crippen LogP contribution in [0.1, 0.15) is 43.1 Å². The summed E-state index contributed by atoms with van der Waals surface area (Å²) in [5.41, 5.74) is 1.85. The fraction of sp³-hybridized carbons (Fsp3) is 0.333. The van der Waals surface area contributed by atoms with Gasteiger partial charge in [0.1, 0.15) is 11.2 Å². The lowest BCUT2D eigenvalue weighted by atomic mass is 10.0. The van der Waals surface area contributed by atoms with Gasteiger partial charge in [-0.15, -0.1) is 0 Å². The smallest absolute Gasteiger partial charge is 0.325 e. The molecule has 0 saturated carbocycles. The van der Waals surface area contributed by atoms with Gasteiger partial charge in [-0.3, -0.25) is 0 Å². The van der Waals surface area contributed by atoms with E-state index >= 15 is 0 Å². The Hall–Kier alpha value is -2.70. The quantitative estimate of drug-likeness (QED) is 0.491. The van der Waals surface area contributed by atoms with Gasteiger partial charge in [-0.2, -0.15) is 0 Å². The molecule has 2 aromatic carbocycles.